The fraction of sp³-hybridized carbons (Fsp3) is 1.00. The molecule has 0 aromatic carbocycles. The molecule has 2 atom stereocenters. The molecule has 0 saturated carbocycles. The average Bonchev–Trinajstić information content (AvgIpc) is 2.02. The molecule has 86 valence electrons. The normalized spacial score (nSPS) is 18.6. The van der Waals surface area contributed by atoms with E-state index in [0.717, 1.165) is 12.8 Å². The molecule has 2 unspecified atom stereocenters. The van der Waals surface area contributed by atoms with Crippen molar-refractivity contribution >= 4 is 7.68 Å². The Morgan fingerprint density at radius 3 is 2.07 bits per heavy atom. The van der Waals surface area contributed by atoms with E-state index in [1.165, 1.54) is 0 Å². The Kier molecular flexibility index (Phi) is 5.92. The average molecular weight is 224 g/mol. The van der Waals surface area contributed by atoms with Crippen LogP contribution in [0.25, 0.3) is 0 Å². The van der Waals surface area contributed by atoms with Gasteiger partial charge in [0.1, 0.15) is 0 Å². The van der Waals surface area contributed by atoms with Gasteiger partial charge in [0.05, 0.1) is 11.8 Å². The molecule has 0 rings (SSSR count). The number of rotatable bonds is 6. The summed E-state index contributed by atoms with van der Waals surface area (Å²) in [7, 11) is -3.90. The molecule has 0 bridgehead atoms. The van der Waals surface area contributed by atoms with Crippen LogP contribution >= 0.6 is 7.68 Å². The van der Waals surface area contributed by atoms with Crippen LogP contribution in [0.4, 0.5) is 4.20 Å². The van der Waals surface area contributed by atoms with Crippen LogP contribution < -0.4 is 0 Å². The second kappa shape index (κ2) is 5.87. The summed E-state index contributed by atoms with van der Waals surface area (Å²) in [6, 6.07) is 0. The zero-order valence-electron chi connectivity index (χ0n) is 9.79. The second-order valence-corrected chi connectivity index (χ2v) is 6.58. The van der Waals surface area contributed by atoms with E-state index >= 15 is 0 Å². The van der Waals surface area contributed by atoms with Gasteiger partial charge in [-0.2, -0.15) is 4.20 Å². The summed E-state index contributed by atoms with van der Waals surface area (Å²) in [6.45, 7) is 9.10. The van der Waals surface area contributed by atoms with Gasteiger partial charge in [-0.05, 0) is 12.3 Å². The summed E-state index contributed by atoms with van der Waals surface area (Å²) in [5, 5.41) is 0. The van der Waals surface area contributed by atoms with E-state index in [4.69, 9.17) is 4.52 Å². The minimum Gasteiger partial charge on any atom is -0.302 e. The molecule has 0 aromatic rings. The zero-order chi connectivity index (χ0) is 11.4. The van der Waals surface area contributed by atoms with Gasteiger partial charge in [0, 0.05) is 0 Å². The molecular formula is C10H22FO2P. The van der Waals surface area contributed by atoms with E-state index in [1.807, 2.05) is 20.8 Å². The highest BCUT2D eigenvalue weighted by molar-refractivity contribution is 7.54. The monoisotopic (exact) mass is 224 g/mol. The van der Waals surface area contributed by atoms with Crippen molar-refractivity contribution in [1.29, 1.82) is 0 Å². The highest BCUT2D eigenvalue weighted by Gasteiger charge is 2.31. The van der Waals surface area contributed by atoms with Gasteiger partial charge in [-0.3, -0.25) is 4.57 Å². The van der Waals surface area contributed by atoms with Crippen LogP contribution in [0.3, 0.4) is 0 Å². The smallest absolute Gasteiger partial charge is 0.302 e. The Labute approximate surface area is 86.8 Å². The molecule has 0 saturated heterocycles. The van der Waals surface area contributed by atoms with Gasteiger partial charge < -0.3 is 4.52 Å². The first-order valence-electron chi connectivity index (χ1n) is 5.29. The van der Waals surface area contributed by atoms with Crippen molar-refractivity contribution in [2.24, 2.45) is 5.92 Å². The van der Waals surface area contributed by atoms with Gasteiger partial charge in [-0.1, -0.05) is 41.0 Å². The van der Waals surface area contributed by atoms with E-state index in [0.29, 0.717) is 0 Å². The summed E-state index contributed by atoms with van der Waals surface area (Å²) in [5.74, 6) is 0.206. The molecule has 14 heavy (non-hydrogen) atoms. The van der Waals surface area contributed by atoms with Crippen molar-refractivity contribution in [3.05, 3.63) is 0 Å². The molecule has 0 aliphatic carbocycles. The van der Waals surface area contributed by atoms with Crippen LogP contribution in [-0.4, -0.2) is 11.8 Å². The van der Waals surface area contributed by atoms with E-state index in [2.05, 4.69) is 0 Å². The molecule has 0 aliphatic heterocycles. The minimum absolute atomic E-state index is 0.206. The van der Waals surface area contributed by atoms with Crippen molar-refractivity contribution in [2.75, 3.05) is 0 Å². The van der Waals surface area contributed by atoms with Gasteiger partial charge in [0.15, 0.2) is 0 Å². The molecule has 0 radical (unpaired) electrons. The van der Waals surface area contributed by atoms with Crippen molar-refractivity contribution in [2.45, 2.75) is 59.2 Å². The first-order chi connectivity index (χ1) is 6.31. The molecule has 2 nitrogen and oxygen atoms in total. The fourth-order valence-corrected chi connectivity index (χ4v) is 2.06. The molecule has 0 amide bonds. The van der Waals surface area contributed by atoms with Crippen LogP contribution in [-0.2, 0) is 9.09 Å². The van der Waals surface area contributed by atoms with Crippen molar-refractivity contribution in [3.8, 4) is 0 Å². The third-order valence-corrected chi connectivity index (χ3v) is 4.00. The van der Waals surface area contributed by atoms with Crippen LogP contribution in [0.5, 0.6) is 0 Å². The Balaban J connectivity index is 4.36. The molecule has 0 aliphatic rings. The van der Waals surface area contributed by atoms with Gasteiger partial charge in [-0.25, -0.2) is 0 Å². The Bertz CT molecular complexity index is 204. The maximum atomic E-state index is 13.5. The summed E-state index contributed by atoms with van der Waals surface area (Å²) >= 11 is 0. The van der Waals surface area contributed by atoms with Gasteiger partial charge in [0.2, 0.25) is 0 Å². The number of halogens is 1. The van der Waals surface area contributed by atoms with Gasteiger partial charge in [0.25, 0.3) is 0 Å². The first-order valence-corrected chi connectivity index (χ1v) is 6.87. The maximum absolute atomic E-state index is 13.5. The van der Waals surface area contributed by atoms with Crippen LogP contribution in [0.1, 0.15) is 47.5 Å². The first kappa shape index (κ1) is 14.1. The highest BCUT2D eigenvalue weighted by atomic mass is 31.2. The lowest BCUT2D eigenvalue weighted by atomic mass is 10.0. The molecule has 0 heterocycles. The summed E-state index contributed by atoms with van der Waals surface area (Å²) < 4.78 is 30.0. The Morgan fingerprint density at radius 2 is 1.79 bits per heavy atom. The lowest BCUT2D eigenvalue weighted by Crippen LogP contribution is -2.19. The molecule has 0 N–H and O–H groups in total. The Morgan fingerprint density at radius 1 is 1.29 bits per heavy atom. The maximum Gasteiger partial charge on any atom is 0.370 e. The van der Waals surface area contributed by atoms with E-state index in [-0.39, 0.29) is 12.0 Å². The summed E-state index contributed by atoms with van der Waals surface area (Å²) in [5.41, 5.74) is -0.541. The standard InChI is InChI=1S/C10H22FO2P/c1-6-7-10(8(2)3)13-14(11,12)9(4)5/h8-10H,6-7H2,1-5H3. The lowest BCUT2D eigenvalue weighted by molar-refractivity contribution is 0.130. The van der Waals surface area contributed by atoms with Crippen molar-refractivity contribution < 1.29 is 13.3 Å². The van der Waals surface area contributed by atoms with E-state index in [1.54, 1.807) is 13.8 Å². The summed E-state index contributed by atoms with van der Waals surface area (Å²) in [6.07, 6.45) is 1.46. The quantitative estimate of drug-likeness (QED) is 0.625. The predicted octanol–water partition coefficient (Wildman–Crippen LogP) is 4.40. The topological polar surface area (TPSA) is 26.3 Å². The second-order valence-electron chi connectivity index (χ2n) is 4.29. The molecule has 0 spiro atoms. The van der Waals surface area contributed by atoms with E-state index < -0.39 is 13.3 Å². The Hall–Kier alpha value is 0.120. The van der Waals surface area contributed by atoms with Crippen molar-refractivity contribution in [3.63, 3.8) is 0 Å². The third kappa shape index (κ3) is 4.56. The molecule has 0 aromatic heterocycles. The van der Waals surface area contributed by atoms with Gasteiger partial charge in [-0.15, -0.1) is 0 Å². The largest absolute Gasteiger partial charge is 0.370 e. The number of hydrogen-bond donors (Lipinski definition) is 0. The summed E-state index contributed by atoms with van der Waals surface area (Å²) in [4.78, 5) is 0. The molecular weight excluding hydrogens is 202 g/mol. The van der Waals surface area contributed by atoms with Crippen LogP contribution in [0.2, 0.25) is 0 Å². The number of hydrogen-bond acceptors (Lipinski definition) is 2. The highest BCUT2D eigenvalue weighted by Crippen LogP contribution is 2.55. The van der Waals surface area contributed by atoms with E-state index in [9.17, 15) is 8.76 Å². The van der Waals surface area contributed by atoms with Crippen LogP contribution in [0.15, 0.2) is 0 Å². The fourth-order valence-electron chi connectivity index (χ4n) is 1.10. The van der Waals surface area contributed by atoms with Crippen LogP contribution in [0, 0.1) is 5.92 Å². The molecule has 0 fully saturated rings. The zero-order valence-corrected chi connectivity index (χ0v) is 10.7. The predicted molar refractivity (Wildman–Crippen MR) is 58.5 cm³/mol. The third-order valence-electron chi connectivity index (χ3n) is 2.21. The van der Waals surface area contributed by atoms with Crippen molar-refractivity contribution in [1.82, 2.24) is 0 Å². The minimum atomic E-state index is -3.90. The SMILES string of the molecule is CCCC(OP(=O)(F)C(C)C)C(C)C. The van der Waals surface area contributed by atoms with Gasteiger partial charge >= 0.3 is 7.68 Å². The molecule has 4 heteroatoms. The lowest BCUT2D eigenvalue weighted by Gasteiger charge is -2.24.